The Balaban J connectivity index is 3.59. The minimum absolute atomic E-state index is 0.000977. The van der Waals surface area contributed by atoms with Gasteiger partial charge in [-0.2, -0.15) is 11.8 Å². The van der Waals surface area contributed by atoms with Crippen LogP contribution < -0.4 is 66.7 Å². The first-order valence-corrected chi connectivity index (χ1v) is 33.9. The summed E-state index contributed by atoms with van der Waals surface area (Å²) in [6.45, 7) is 7.91. The second-order valence-corrected chi connectivity index (χ2v) is 25.8. The zero-order valence-electron chi connectivity index (χ0n) is 56.0. The van der Waals surface area contributed by atoms with Gasteiger partial charge in [-0.1, -0.05) is 39.3 Å². The number of nitrogens with zero attached hydrogens (tertiary/aromatic N) is 2. The Kier molecular flexibility index (Phi) is 41.8. The van der Waals surface area contributed by atoms with Crippen molar-refractivity contribution >= 4 is 94.0 Å². The minimum atomic E-state index is -1.80. The number of hydrogen-bond donors (Lipinski definition) is 16. The molecule has 536 valence electrons. The Morgan fingerprint density at radius 1 is 0.505 bits per heavy atom. The van der Waals surface area contributed by atoms with E-state index in [-0.39, 0.29) is 126 Å². The molecule has 0 fully saturated rings. The fourth-order valence-electron chi connectivity index (χ4n) is 10.5. The number of carboxylic acid groups (broad SMARTS) is 1. The Hall–Kier alpha value is -7.61. The molecule has 0 aliphatic carbocycles. The van der Waals surface area contributed by atoms with Crippen molar-refractivity contribution < 1.29 is 78.0 Å². The van der Waals surface area contributed by atoms with Crippen molar-refractivity contribution in [3.05, 3.63) is 29.8 Å². The summed E-state index contributed by atoms with van der Waals surface area (Å²) >= 11 is 1.30. The average molecular weight is 1360 g/mol. The van der Waals surface area contributed by atoms with Crippen LogP contribution >= 0.6 is 11.8 Å². The number of thioether (sulfide) groups is 1. The summed E-state index contributed by atoms with van der Waals surface area (Å²) in [4.78, 5) is 173. The van der Waals surface area contributed by atoms with E-state index >= 15 is 0 Å². The number of aromatic hydroxyl groups is 1. The highest BCUT2D eigenvalue weighted by Gasteiger charge is 2.38. The molecule has 95 heavy (non-hydrogen) atoms. The first kappa shape index (κ1) is 85.4. The molecule has 23 N–H and O–H groups in total. The van der Waals surface area contributed by atoms with Gasteiger partial charge in [0.15, 0.2) is 40.8 Å². The molecule has 1 rings (SSSR count). The van der Waals surface area contributed by atoms with E-state index in [1.165, 1.54) is 43.0 Å². The van der Waals surface area contributed by atoms with Crippen molar-refractivity contribution in [1.29, 1.82) is 0 Å². The van der Waals surface area contributed by atoms with Crippen molar-refractivity contribution in [2.24, 2.45) is 91.5 Å². The molecule has 0 bridgehead atoms. The van der Waals surface area contributed by atoms with Crippen LogP contribution in [0.15, 0.2) is 34.3 Å². The van der Waals surface area contributed by atoms with Crippen LogP contribution in [0.2, 0.25) is 0 Å². The van der Waals surface area contributed by atoms with E-state index in [2.05, 4.69) is 36.6 Å². The molecule has 0 aromatic heterocycles. The molecule has 1 aromatic rings. The van der Waals surface area contributed by atoms with Gasteiger partial charge in [0.2, 0.25) is 35.4 Å². The highest BCUT2D eigenvalue weighted by atomic mass is 32.2. The lowest BCUT2D eigenvalue weighted by molar-refractivity contribution is -0.143. The van der Waals surface area contributed by atoms with E-state index in [1.807, 2.05) is 13.8 Å². The fourth-order valence-corrected chi connectivity index (χ4v) is 11.1. The number of aliphatic hydroxyl groups excluding tert-OH is 2. The summed E-state index contributed by atoms with van der Waals surface area (Å²) in [5, 5.41) is 54.6. The molecule has 0 unspecified atom stereocenters. The molecule has 0 saturated heterocycles. The fraction of sp³-hybridized carbons (Fsp3) is 0.688. The number of amides is 6. The summed E-state index contributed by atoms with van der Waals surface area (Å²) in [5.41, 5.74) is 39.5. The highest BCUT2D eigenvalue weighted by Crippen LogP contribution is 2.24. The lowest BCUT2D eigenvalue weighted by atomic mass is 9.87. The number of aliphatic carboxylic acids is 1. The number of guanidine groups is 2. The van der Waals surface area contributed by atoms with Gasteiger partial charge in [-0.3, -0.25) is 67.5 Å². The summed E-state index contributed by atoms with van der Waals surface area (Å²) in [6, 6.07) is -1.24. The number of carboxylic acids is 1. The maximum Gasteiger partial charge on any atom is 0.304 e. The number of phenols is 1. The lowest BCUT2D eigenvalue weighted by Gasteiger charge is -2.27. The number of nitrogens with one attached hydrogen (secondary N) is 5. The number of Topliss-reactive ketones (excluding diaryl/α,β-unsaturated/α-hetero) is 5. The number of hydrogen-bond acceptors (Lipinski definition) is 20. The van der Waals surface area contributed by atoms with Crippen molar-refractivity contribution in [2.75, 3.05) is 44.8 Å². The molecule has 12 atom stereocenters. The van der Waals surface area contributed by atoms with Crippen molar-refractivity contribution in [1.82, 2.24) is 26.6 Å². The molecular formula is C64H108N14O16S. The molecule has 6 amide bonds. The second-order valence-electron chi connectivity index (χ2n) is 24.8. The number of primary amides is 1. The largest absolute Gasteiger partial charge is 0.508 e. The second kappa shape index (κ2) is 46.5. The average Bonchev–Trinajstić information content (AvgIpc) is 1.54. The van der Waals surface area contributed by atoms with Crippen LogP contribution in [0.3, 0.4) is 0 Å². The molecule has 1 aromatic carbocycles. The van der Waals surface area contributed by atoms with Gasteiger partial charge < -0.3 is 87.1 Å². The Morgan fingerprint density at radius 2 is 0.958 bits per heavy atom. The van der Waals surface area contributed by atoms with Crippen LogP contribution in [0.5, 0.6) is 5.75 Å². The van der Waals surface area contributed by atoms with Crippen LogP contribution in [0, 0.1) is 41.4 Å². The van der Waals surface area contributed by atoms with E-state index in [0.717, 1.165) is 13.3 Å². The Bertz CT molecular complexity index is 2710. The third-order valence-electron chi connectivity index (χ3n) is 16.1. The molecule has 0 heterocycles. The summed E-state index contributed by atoms with van der Waals surface area (Å²) in [7, 11) is 0. The standard InChI is InChI=1S/C64H108N14O16S/c1-36(2)27-43(57(67)89)31-51(83)48(16-12-25-73-64(70)71)76-61(93)44(28-40-17-19-46(81)20-18-40)32-52(84)47(15-8-10-23-66)75-62(94)45(34-55(87)88)33-54(86)56(39(5)80)78-60(92)42(21-26-95-6)30-53(85)49(35-79)77-59(91)41(14-11-24-72-63(68)69)29-50(82)38(4)74-58(90)37(3)13-7-9-22-65/h17-20,36-39,41-45,47-49,56,79-81H,7-16,21-35,65-66H2,1-6H3,(H2,67,89)(H,74,90)(H,75,94)(H,76,93)(H,77,91)(H,78,92)(H,87,88)(H4,68,69,72)(H4,70,71,73)/t37-,38-,39+,41+,42+,43+,44+,45-,47-,48-,49-,56-/m0/s1. The van der Waals surface area contributed by atoms with Crippen molar-refractivity contribution in [2.45, 2.75) is 193 Å². The van der Waals surface area contributed by atoms with E-state index in [4.69, 9.17) is 40.1 Å². The SMILES string of the molecule is CSCC[C@H](CC(=O)[C@H](CO)NC(=O)[C@H](CCCN=C(N)N)CC(=O)[C@H](C)NC(=O)[C@@H](C)CCCCN)C(=O)N[C@H](C(=O)C[C@@H](CC(=O)O)C(=O)N[C@@H](CCCCN)C(=O)C[C@@H](Cc1ccc(O)cc1)C(=O)N[C@@H](CCCN=C(N)N)C(=O)C[C@@H](CC(C)C)C(N)=O)[C@@H](C)O. The number of rotatable bonds is 53. The smallest absolute Gasteiger partial charge is 0.304 e. The number of aliphatic imine (C=N–C) groups is 2. The monoisotopic (exact) mass is 1360 g/mol. The Labute approximate surface area is 561 Å². The summed E-state index contributed by atoms with van der Waals surface area (Å²) in [5.74, 6) is -16.6. The predicted octanol–water partition coefficient (Wildman–Crippen LogP) is -0.611. The topological polar surface area (TPSA) is 553 Å². The number of unbranched alkanes of at least 4 members (excludes halogenated alkanes) is 2. The van der Waals surface area contributed by atoms with Crippen LogP contribution in [-0.2, 0) is 64.0 Å². The van der Waals surface area contributed by atoms with Crippen molar-refractivity contribution in [3.8, 4) is 5.75 Å². The summed E-state index contributed by atoms with van der Waals surface area (Å²) < 4.78 is 0. The number of phenolic OH excluding ortho intramolecular Hbond substituents is 1. The first-order valence-electron chi connectivity index (χ1n) is 32.5. The number of aliphatic hydroxyl groups is 2. The Morgan fingerprint density at radius 3 is 1.46 bits per heavy atom. The van der Waals surface area contributed by atoms with Crippen LogP contribution in [0.1, 0.15) is 156 Å². The number of nitrogens with two attached hydrogens (primary N) is 7. The molecule has 30 nitrogen and oxygen atoms in total. The van der Waals surface area contributed by atoms with Gasteiger partial charge in [-0.15, -0.1) is 0 Å². The normalized spacial score (nSPS) is 15.1. The molecule has 31 heteroatoms. The van der Waals surface area contributed by atoms with Gasteiger partial charge in [-0.25, -0.2) is 0 Å². The molecule has 0 radical (unpaired) electrons. The van der Waals surface area contributed by atoms with Gasteiger partial charge in [-0.05, 0) is 140 Å². The van der Waals surface area contributed by atoms with Gasteiger partial charge in [0.05, 0.1) is 43.2 Å². The summed E-state index contributed by atoms with van der Waals surface area (Å²) in [6.07, 6.45) is -0.585. The molecule has 0 aliphatic heterocycles. The number of carbonyl (C=O) groups is 12. The number of benzene rings is 1. The quantitative estimate of drug-likeness (QED) is 0.0220. The van der Waals surface area contributed by atoms with E-state index in [0.29, 0.717) is 31.4 Å². The van der Waals surface area contributed by atoms with Crippen LogP contribution in [0.4, 0.5) is 0 Å². The highest BCUT2D eigenvalue weighted by molar-refractivity contribution is 7.98. The molecule has 0 spiro atoms. The van der Waals surface area contributed by atoms with Crippen LogP contribution in [-0.4, -0.2) is 184 Å². The minimum Gasteiger partial charge on any atom is -0.508 e. The van der Waals surface area contributed by atoms with E-state index < -0.39 is 169 Å². The number of ketones is 5. The third-order valence-corrected chi connectivity index (χ3v) is 16.7. The van der Waals surface area contributed by atoms with E-state index in [1.54, 1.807) is 13.2 Å². The van der Waals surface area contributed by atoms with Gasteiger partial charge in [0.1, 0.15) is 17.8 Å². The predicted molar refractivity (Wildman–Crippen MR) is 360 cm³/mol. The zero-order chi connectivity index (χ0) is 71.9. The number of carbonyl (C=O) groups excluding carboxylic acids is 11. The van der Waals surface area contributed by atoms with Crippen LogP contribution in [0.25, 0.3) is 0 Å². The first-order chi connectivity index (χ1) is 44.8. The zero-order valence-corrected chi connectivity index (χ0v) is 56.8. The van der Waals surface area contributed by atoms with E-state index in [9.17, 15) is 78.0 Å². The van der Waals surface area contributed by atoms with Gasteiger partial charge in [0, 0.05) is 74.8 Å². The maximum absolute atomic E-state index is 14.6. The molecule has 0 saturated carbocycles. The maximum atomic E-state index is 14.6. The lowest BCUT2D eigenvalue weighted by Crippen LogP contribution is -2.52. The molecule has 0 aliphatic rings. The van der Waals surface area contributed by atoms with Gasteiger partial charge in [0.25, 0.3) is 0 Å². The third kappa shape index (κ3) is 35.1. The molecular weight excluding hydrogens is 1250 g/mol. The van der Waals surface area contributed by atoms with Crippen molar-refractivity contribution in [3.63, 3.8) is 0 Å². The van der Waals surface area contributed by atoms with Gasteiger partial charge >= 0.3 is 5.97 Å².